The average Bonchev–Trinajstić information content (AvgIpc) is 3.18. The van der Waals surface area contributed by atoms with Crippen LogP contribution < -0.4 is 10.6 Å². The van der Waals surface area contributed by atoms with Crippen LogP contribution in [0, 0.1) is 0 Å². The van der Waals surface area contributed by atoms with E-state index in [2.05, 4.69) is 10.6 Å². The summed E-state index contributed by atoms with van der Waals surface area (Å²) in [5.74, 6) is 1.33. The molecule has 118 valence electrons. The van der Waals surface area contributed by atoms with Gasteiger partial charge in [-0.05, 0) is 31.2 Å². The molecule has 0 bridgehead atoms. The van der Waals surface area contributed by atoms with Crippen molar-refractivity contribution in [3.05, 3.63) is 24.2 Å². The van der Waals surface area contributed by atoms with Crippen LogP contribution >= 0.6 is 11.8 Å². The van der Waals surface area contributed by atoms with Crippen molar-refractivity contribution in [1.82, 2.24) is 15.5 Å². The molecule has 1 aromatic rings. The Morgan fingerprint density at radius 2 is 2.41 bits per heavy atom. The Morgan fingerprint density at radius 3 is 3.05 bits per heavy atom. The van der Waals surface area contributed by atoms with Crippen molar-refractivity contribution in [2.45, 2.75) is 24.9 Å². The van der Waals surface area contributed by atoms with Crippen molar-refractivity contribution in [2.75, 3.05) is 18.1 Å². The Kier molecular flexibility index (Phi) is 3.86. The third kappa shape index (κ3) is 2.58. The highest BCUT2D eigenvalue weighted by molar-refractivity contribution is 7.99. The number of hydrogen-bond acceptors (Lipinski definition) is 5. The van der Waals surface area contributed by atoms with E-state index in [0.717, 1.165) is 10.7 Å². The van der Waals surface area contributed by atoms with Crippen molar-refractivity contribution in [1.29, 1.82) is 0 Å². The van der Waals surface area contributed by atoms with Crippen LogP contribution in [-0.2, 0) is 9.59 Å². The standard InChI is InChI=1S/C14H17N3O4S/c1-9(10-3-2-5-21-10)15-11(18)7-17-12(19)14(16-13(17)20)4-6-22-8-14/h2-3,5,9H,4,6-8H2,1H3,(H,15,18)(H,16,20). The van der Waals surface area contributed by atoms with Gasteiger partial charge in [0.1, 0.15) is 17.8 Å². The second kappa shape index (κ2) is 5.68. The molecule has 8 heteroatoms. The number of urea groups is 1. The van der Waals surface area contributed by atoms with Gasteiger partial charge >= 0.3 is 6.03 Å². The zero-order valence-corrected chi connectivity index (χ0v) is 12.9. The zero-order valence-electron chi connectivity index (χ0n) is 12.1. The zero-order chi connectivity index (χ0) is 15.7. The van der Waals surface area contributed by atoms with E-state index in [1.807, 2.05) is 0 Å². The van der Waals surface area contributed by atoms with Crippen LogP contribution in [0.5, 0.6) is 0 Å². The fourth-order valence-corrected chi connectivity index (χ4v) is 4.02. The number of carbonyl (C=O) groups is 3. The molecule has 0 saturated carbocycles. The third-order valence-electron chi connectivity index (χ3n) is 3.92. The summed E-state index contributed by atoms with van der Waals surface area (Å²) in [4.78, 5) is 37.5. The van der Waals surface area contributed by atoms with Gasteiger partial charge in [0.2, 0.25) is 5.91 Å². The maximum Gasteiger partial charge on any atom is 0.325 e. The van der Waals surface area contributed by atoms with Crippen molar-refractivity contribution >= 4 is 29.6 Å². The molecule has 2 unspecified atom stereocenters. The number of imide groups is 1. The van der Waals surface area contributed by atoms with Crippen molar-refractivity contribution in [2.24, 2.45) is 0 Å². The number of rotatable bonds is 4. The summed E-state index contributed by atoms with van der Waals surface area (Å²) in [5, 5.41) is 5.45. The van der Waals surface area contributed by atoms with E-state index in [0.29, 0.717) is 17.9 Å². The maximum absolute atomic E-state index is 12.4. The van der Waals surface area contributed by atoms with Crippen molar-refractivity contribution in [3.63, 3.8) is 0 Å². The van der Waals surface area contributed by atoms with E-state index in [1.54, 1.807) is 30.8 Å². The van der Waals surface area contributed by atoms with Crippen molar-refractivity contribution in [3.8, 4) is 0 Å². The number of nitrogens with one attached hydrogen (secondary N) is 2. The Hall–Kier alpha value is -1.96. The molecule has 7 nitrogen and oxygen atoms in total. The molecule has 2 N–H and O–H groups in total. The van der Waals surface area contributed by atoms with E-state index in [4.69, 9.17) is 4.42 Å². The lowest BCUT2D eigenvalue weighted by Gasteiger charge is -2.19. The number of carbonyl (C=O) groups excluding carboxylic acids is 3. The van der Waals surface area contributed by atoms with Gasteiger partial charge in [-0.2, -0.15) is 11.8 Å². The highest BCUT2D eigenvalue weighted by Crippen LogP contribution is 2.33. The number of nitrogens with zero attached hydrogens (tertiary/aromatic N) is 1. The van der Waals surface area contributed by atoms with E-state index in [-0.39, 0.29) is 18.5 Å². The quantitative estimate of drug-likeness (QED) is 0.803. The van der Waals surface area contributed by atoms with Gasteiger partial charge < -0.3 is 15.1 Å². The highest BCUT2D eigenvalue weighted by Gasteiger charge is 2.53. The number of furan rings is 1. The van der Waals surface area contributed by atoms with Gasteiger partial charge in [-0.15, -0.1) is 0 Å². The Balaban J connectivity index is 1.62. The van der Waals surface area contributed by atoms with E-state index < -0.39 is 17.5 Å². The molecule has 1 spiro atoms. The summed E-state index contributed by atoms with van der Waals surface area (Å²) >= 11 is 1.63. The first-order chi connectivity index (χ1) is 10.5. The van der Waals surface area contributed by atoms with Gasteiger partial charge in [-0.25, -0.2) is 4.79 Å². The molecule has 0 radical (unpaired) electrons. The van der Waals surface area contributed by atoms with Gasteiger partial charge in [0.25, 0.3) is 5.91 Å². The molecule has 2 saturated heterocycles. The molecule has 2 atom stereocenters. The topological polar surface area (TPSA) is 91.7 Å². The molecule has 0 aromatic carbocycles. The second-order valence-corrected chi connectivity index (χ2v) is 6.62. The summed E-state index contributed by atoms with van der Waals surface area (Å²) < 4.78 is 5.21. The lowest BCUT2D eigenvalue weighted by atomic mass is 9.99. The summed E-state index contributed by atoms with van der Waals surface area (Å²) in [6, 6.07) is 2.67. The normalized spacial score (nSPS) is 25.6. The number of thioether (sulfide) groups is 1. The maximum atomic E-state index is 12.4. The highest BCUT2D eigenvalue weighted by atomic mass is 32.2. The van der Waals surface area contributed by atoms with Crippen LogP contribution in [0.25, 0.3) is 0 Å². The molecule has 22 heavy (non-hydrogen) atoms. The van der Waals surface area contributed by atoms with Gasteiger partial charge in [0, 0.05) is 5.75 Å². The Morgan fingerprint density at radius 1 is 1.59 bits per heavy atom. The first kappa shape index (κ1) is 15.0. The molecule has 2 fully saturated rings. The first-order valence-electron chi connectivity index (χ1n) is 7.06. The summed E-state index contributed by atoms with van der Waals surface area (Å²) in [5.41, 5.74) is -0.811. The summed E-state index contributed by atoms with van der Waals surface area (Å²) in [7, 11) is 0. The average molecular weight is 323 g/mol. The fourth-order valence-electron chi connectivity index (χ4n) is 2.69. The van der Waals surface area contributed by atoms with Crippen LogP contribution in [0.15, 0.2) is 22.8 Å². The molecule has 0 aliphatic carbocycles. The molecular weight excluding hydrogens is 306 g/mol. The lowest BCUT2D eigenvalue weighted by Crippen LogP contribution is -2.47. The predicted octanol–water partition coefficient (Wildman–Crippen LogP) is 0.884. The molecule has 3 heterocycles. The van der Waals surface area contributed by atoms with Gasteiger partial charge in [-0.1, -0.05) is 0 Å². The van der Waals surface area contributed by atoms with Crippen LogP contribution in [-0.4, -0.2) is 46.3 Å². The largest absolute Gasteiger partial charge is 0.467 e. The van der Waals surface area contributed by atoms with E-state index in [1.165, 1.54) is 6.26 Å². The lowest BCUT2D eigenvalue weighted by molar-refractivity contribution is -0.134. The molecular formula is C14H17N3O4S. The van der Waals surface area contributed by atoms with Crippen LogP contribution in [0.4, 0.5) is 4.79 Å². The molecule has 1 aromatic heterocycles. The smallest absolute Gasteiger partial charge is 0.325 e. The van der Waals surface area contributed by atoms with E-state index in [9.17, 15) is 14.4 Å². The van der Waals surface area contributed by atoms with Gasteiger partial charge in [-0.3, -0.25) is 14.5 Å². The number of hydrogen-bond donors (Lipinski definition) is 2. The Bertz CT molecular complexity index is 595. The molecule has 2 aliphatic rings. The predicted molar refractivity (Wildman–Crippen MR) is 80.2 cm³/mol. The second-order valence-electron chi connectivity index (χ2n) is 5.51. The molecule has 2 aliphatic heterocycles. The van der Waals surface area contributed by atoms with Crippen molar-refractivity contribution < 1.29 is 18.8 Å². The Labute approximate surface area is 131 Å². The summed E-state index contributed by atoms with van der Waals surface area (Å²) in [6.45, 7) is 1.50. The van der Waals surface area contributed by atoms with Crippen LogP contribution in [0.2, 0.25) is 0 Å². The monoisotopic (exact) mass is 323 g/mol. The SMILES string of the molecule is CC(NC(=O)CN1C(=O)NC2(CCSC2)C1=O)c1ccco1. The van der Waals surface area contributed by atoms with Crippen LogP contribution in [0.1, 0.15) is 25.1 Å². The molecule has 4 amide bonds. The minimum atomic E-state index is -0.811. The minimum Gasteiger partial charge on any atom is -0.467 e. The minimum absolute atomic E-state index is 0.276. The number of amides is 4. The third-order valence-corrected chi connectivity index (χ3v) is 5.11. The molecule has 3 rings (SSSR count). The van der Waals surface area contributed by atoms with Crippen LogP contribution in [0.3, 0.4) is 0 Å². The first-order valence-corrected chi connectivity index (χ1v) is 8.22. The summed E-state index contributed by atoms with van der Waals surface area (Å²) in [6.07, 6.45) is 2.14. The van der Waals surface area contributed by atoms with Gasteiger partial charge in [0.05, 0.1) is 12.3 Å². The van der Waals surface area contributed by atoms with E-state index >= 15 is 0 Å². The van der Waals surface area contributed by atoms with Gasteiger partial charge in [0.15, 0.2) is 0 Å². The fraction of sp³-hybridized carbons (Fsp3) is 0.500.